The Labute approximate surface area is 172 Å². The molecule has 1 aliphatic heterocycles. The van der Waals surface area contributed by atoms with Crippen LogP contribution in [0.2, 0.25) is 5.15 Å². The van der Waals surface area contributed by atoms with E-state index in [0.717, 1.165) is 50.8 Å². The average molecular weight is 482 g/mol. The first-order valence-corrected chi connectivity index (χ1v) is 8.86. The highest BCUT2D eigenvalue weighted by atomic mass is 127. The van der Waals surface area contributed by atoms with E-state index >= 15 is 0 Å². The highest BCUT2D eigenvalue weighted by Crippen LogP contribution is 2.10. The standard InChI is InChI=1S/C17H28ClN5O.HI/c1-13(23-8-9-24-12-14(23)2)10-22-17(19-3)20-7-6-15-4-5-16(18)21-11-15;/h4-5,11,13-14H,6-10,12H2,1-3H3,(H2,19,20,22);1H. The zero-order valence-electron chi connectivity index (χ0n) is 15.2. The van der Waals surface area contributed by atoms with Gasteiger partial charge in [-0.2, -0.15) is 0 Å². The molecule has 2 rings (SSSR count). The molecule has 1 aliphatic rings. The monoisotopic (exact) mass is 481 g/mol. The Morgan fingerprint density at radius 2 is 2.28 bits per heavy atom. The van der Waals surface area contributed by atoms with E-state index in [0.29, 0.717) is 17.2 Å². The summed E-state index contributed by atoms with van der Waals surface area (Å²) in [4.78, 5) is 10.9. The fourth-order valence-corrected chi connectivity index (χ4v) is 2.97. The highest BCUT2D eigenvalue weighted by molar-refractivity contribution is 14.0. The number of ether oxygens (including phenoxy) is 1. The van der Waals surface area contributed by atoms with Gasteiger partial charge in [-0.25, -0.2) is 4.98 Å². The summed E-state index contributed by atoms with van der Waals surface area (Å²) >= 11 is 5.80. The SMILES string of the molecule is CN=C(NCCc1ccc(Cl)nc1)NCC(C)N1CCOCC1C.I. The Hall–Kier alpha value is -0.640. The van der Waals surface area contributed by atoms with Crippen molar-refractivity contribution in [2.45, 2.75) is 32.4 Å². The molecule has 0 radical (unpaired) electrons. The van der Waals surface area contributed by atoms with Crippen molar-refractivity contribution >= 4 is 41.5 Å². The normalized spacial score (nSPS) is 19.8. The van der Waals surface area contributed by atoms with Crippen LogP contribution in [0, 0.1) is 0 Å². The maximum absolute atomic E-state index is 5.80. The molecule has 1 fully saturated rings. The smallest absolute Gasteiger partial charge is 0.191 e. The summed E-state index contributed by atoms with van der Waals surface area (Å²) in [5.74, 6) is 0.824. The number of guanidine groups is 1. The van der Waals surface area contributed by atoms with Crippen molar-refractivity contribution < 1.29 is 4.74 Å². The molecule has 142 valence electrons. The Balaban J connectivity index is 0.00000312. The van der Waals surface area contributed by atoms with Crippen LogP contribution < -0.4 is 10.6 Å². The molecule has 2 unspecified atom stereocenters. The molecule has 1 aromatic heterocycles. The second-order valence-electron chi connectivity index (χ2n) is 6.13. The summed E-state index contributed by atoms with van der Waals surface area (Å²) < 4.78 is 5.50. The van der Waals surface area contributed by atoms with Crippen molar-refractivity contribution in [2.75, 3.05) is 39.9 Å². The summed E-state index contributed by atoms with van der Waals surface area (Å²) in [7, 11) is 1.79. The molecule has 0 aromatic carbocycles. The fourth-order valence-electron chi connectivity index (χ4n) is 2.86. The Morgan fingerprint density at radius 3 is 2.92 bits per heavy atom. The first-order chi connectivity index (χ1) is 11.6. The lowest BCUT2D eigenvalue weighted by Gasteiger charge is -2.38. The van der Waals surface area contributed by atoms with Crippen LogP contribution in [0.3, 0.4) is 0 Å². The number of nitrogens with zero attached hydrogens (tertiary/aromatic N) is 3. The minimum absolute atomic E-state index is 0. The number of aliphatic imine (C=N–C) groups is 1. The van der Waals surface area contributed by atoms with Gasteiger partial charge in [-0.3, -0.25) is 9.89 Å². The predicted molar refractivity (Wildman–Crippen MR) is 114 cm³/mol. The second-order valence-corrected chi connectivity index (χ2v) is 6.52. The molecule has 0 aliphatic carbocycles. The van der Waals surface area contributed by atoms with Gasteiger partial charge in [-0.05, 0) is 31.9 Å². The number of halogens is 2. The van der Waals surface area contributed by atoms with Crippen LogP contribution in [0.5, 0.6) is 0 Å². The predicted octanol–water partition coefficient (Wildman–Crippen LogP) is 2.17. The molecule has 1 aromatic rings. The first-order valence-electron chi connectivity index (χ1n) is 8.48. The van der Waals surface area contributed by atoms with E-state index in [1.807, 2.05) is 18.3 Å². The van der Waals surface area contributed by atoms with Crippen LogP contribution in [0.25, 0.3) is 0 Å². The van der Waals surface area contributed by atoms with Gasteiger partial charge in [-0.15, -0.1) is 24.0 Å². The molecule has 0 spiro atoms. The molecule has 0 saturated carbocycles. The van der Waals surface area contributed by atoms with Gasteiger partial charge in [0.05, 0.1) is 13.2 Å². The zero-order chi connectivity index (χ0) is 17.4. The number of hydrogen-bond donors (Lipinski definition) is 2. The van der Waals surface area contributed by atoms with Crippen molar-refractivity contribution in [1.82, 2.24) is 20.5 Å². The van der Waals surface area contributed by atoms with Crippen molar-refractivity contribution in [1.29, 1.82) is 0 Å². The van der Waals surface area contributed by atoms with Crippen LogP contribution in [0.15, 0.2) is 23.3 Å². The number of nitrogens with one attached hydrogen (secondary N) is 2. The molecule has 6 nitrogen and oxygen atoms in total. The molecular weight excluding hydrogens is 453 g/mol. The van der Waals surface area contributed by atoms with Crippen molar-refractivity contribution in [3.8, 4) is 0 Å². The third kappa shape index (κ3) is 7.64. The van der Waals surface area contributed by atoms with Gasteiger partial charge >= 0.3 is 0 Å². The maximum atomic E-state index is 5.80. The first kappa shape index (κ1) is 22.4. The zero-order valence-corrected chi connectivity index (χ0v) is 18.3. The molecule has 0 bridgehead atoms. The van der Waals surface area contributed by atoms with Crippen molar-refractivity contribution in [3.05, 3.63) is 29.0 Å². The van der Waals surface area contributed by atoms with Gasteiger partial charge in [0.2, 0.25) is 0 Å². The Bertz CT molecular complexity index is 528. The van der Waals surface area contributed by atoms with Crippen LogP contribution in [0.4, 0.5) is 0 Å². The third-order valence-electron chi connectivity index (χ3n) is 4.27. The van der Waals surface area contributed by atoms with Gasteiger partial charge in [0.1, 0.15) is 5.15 Å². The average Bonchev–Trinajstić information content (AvgIpc) is 2.59. The molecule has 2 atom stereocenters. The van der Waals surface area contributed by atoms with E-state index in [-0.39, 0.29) is 24.0 Å². The van der Waals surface area contributed by atoms with E-state index in [1.165, 1.54) is 0 Å². The number of rotatable bonds is 6. The molecular formula is C17H29ClIN5O. The van der Waals surface area contributed by atoms with Crippen molar-refractivity contribution in [2.24, 2.45) is 4.99 Å². The van der Waals surface area contributed by atoms with Crippen LogP contribution in [0.1, 0.15) is 19.4 Å². The molecule has 0 amide bonds. The summed E-state index contributed by atoms with van der Waals surface area (Å²) in [6.45, 7) is 8.71. The summed E-state index contributed by atoms with van der Waals surface area (Å²) in [5, 5.41) is 7.26. The van der Waals surface area contributed by atoms with E-state index < -0.39 is 0 Å². The molecule has 2 N–H and O–H groups in total. The maximum Gasteiger partial charge on any atom is 0.191 e. The number of morpholine rings is 1. The van der Waals surface area contributed by atoms with Crippen LogP contribution in [-0.4, -0.2) is 67.8 Å². The van der Waals surface area contributed by atoms with E-state index in [2.05, 4.69) is 39.4 Å². The van der Waals surface area contributed by atoms with E-state index in [9.17, 15) is 0 Å². The lowest BCUT2D eigenvalue weighted by molar-refractivity contribution is -0.0174. The second kappa shape index (κ2) is 11.9. The lowest BCUT2D eigenvalue weighted by Crippen LogP contribution is -2.53. The fraction of sp³-hybridized carbons (Fsp3) is 0.647. The van der Waals surface area contributed by atoms with Gasteiger partial charge in [-0.1, -0.05) is 17.7 Å². The quantitative estimate of drug-likeness (QED) is 0.282. The van der Waals surface area contributed by atoms with E-state index in [4.69, 9.17) is 16.3 Å². The lowest BCUT2D eigenvalue weighted by atomic mass is 10.2. The van der Waals surface area contributed by atoms with Gasteiger partial charge in [0.25, 0.3) is 0 Å². The molecule has 1 saturated heterocycles. The largest absolute Gasteiger partial charge is 0.379 e. The van der Waals surface area contributed by atoms with Gasteiger partial charge < -0.3 is 15.4 Å². The Morgan fingerprint density at radius 1 is 1.48 bits per heavy atom. The summed E-state index contributed by atoms with van der Waals surface area (Å²) in [6.07, 6.45) is 2.68. The molecule has 2 heterocycles. The van der Waals surface area contributed by atoms with E-state index in [1.54, 1.807) is 7.05 Å². The topological polar surface area (TPSA) is 61.8 Å². The summed E-state index contributed by atoms with van der Waals surface area (Å²) in [6, 6.07) is 4.70. The van der Waals surface area contributed by atoms with Gasteiger partial charge in [0.15, 0.2) is 5.96 Å². The minimum Gasteiger partial charge on any atom is -0.379 e. The van der Waals surface area contributed by atoms with Crippen LogP contribution in [-0.2, 0) is 11.2 Å². The van der Waals surface area contributed by atoms with Crippen LogP contribution >= 0.6 is 35.6 Å². The third-order valence-corrected chi connectivity index (χ3v) is 4.49. The summed E-state index contributed by atoms with van der Waals surface area (Å²) in [5.41, 5.74) is 1.15. The molecule has 25 heavy (non-hydrogen) atoms. The number of hydrogen-bond acceptors (Lipinski definition) is 4. The minimum atomic E-state index is 0. The molecule has 8 heteroatoms. The highest BCUT2D eigenvalue weighted by Gasteiger charge is 2.23. The number of pyridine rings is 1. The van der Waals surface area contributed by atoms with Gasteiger partial charge in [0, 0.05) is 45.0 Å². The Kier molecular flexibility index (Phi) is 10.6. The number of aromatic nitrogens is 1. The van der Waals surface area contributed by atoms with Crippen molar-refractivity contribution in [3.63, 3.8) is 0 Å².